The van der Waals surface area contributed by atoms with Gasteiger partial charge in [0.2, 0.25) is 8.32 Å². The number of rotatable bonds is 20. The van der Waals surface area contributed by atoms with Crippen molar-refractivity contribution in [3.05, 3.63) is 258 Å². The van der Waals surface area contributed by atoms with E-state index in [1.807, 2.05) is 41.5 Å². The van der Waals surface area contributed by atoms with Gasteiger partial charge in [-0.2, -0.15) is 31.6 Å². The van der Waals surface area contributed by atoms with Gasteiger partial charge in [0.25, 0.3) is 0 Å². The highest BCUT2D eigenvalue weighted by atomic mass is 32.2. The minimum atomic E-state index is -5.39. The molecule has 680 valence electrons. The number of aryl methyl sites for hydroxylation is 6. The molecule has 3 saturated heterocycles. The molecule has 2 aromatic heterocycles. The Morgan fingerprint density at radius 3 is 0.992 bits per heavy atom. The summed E-state index contributed by atoms with van der Waals surface area (Å²) >= 11 is 3.40. The molecule has 0 saturated carbocycles. The van der Waals surface area contributed by atoms with Gasteiger partial charge in [0, 0.05) is 26.4 Å². The fourth-order valence-corrected chi connectivity index (χ4v) is 18.1. The van der Waals surface area contributed by atoms with Crippen LogP contribution in [0.1, 0.15) is 165 Å². The molecule has 0 aliphatic carbocycles. The number of carbonyl (C=O) groups is 7. The number of anilines is 2. The average molecular weight is 1820 g/mol. The van der Waals surface area contributed by atoms with Gasteiger partial charge < -0.3 is 75.1 Å². The zero-order chi connectivity index (χ0) is 85.0. The first-order valence-corrected chi connectivity index (χ1v) is 42.7. The normalized spacial score (nSPS) is 19.4. The van der Waals surface area contributed by atoms with Gasteiger partial charge in [0.1, 0.15) is 41.7 Å². The predicted octanol–water partition coefficient (Wildman–Crippen LogP) is 14.0. The number of hydrogen-bond acceptors (Lipinski definition) is 31. The molecule has 123 heavy (non-hydrogen) atoms. The number of aromatic nitrogens is 4. The predicted molar refractivity (Wildman–Crippen MR) is 477 cm³/mol. The maximum absolute atomic E-state index is 13.4. The van der Waals surface area contributed by atoms with Gasteiger partial charge >= 0.3 is 68.8 Å². The van der Waals surface area contributed by atoms with E-state index in [0.717, 1.165) is 64.0 Å². The van der Waals surface area contributed by atoms with Gasteiger partial charge in [-0.05, 0) is 146 Å². The first-order chi connectivity index (χ1) is 54.2. The molecule has 0 radical (unpaired) electrons. The van der Waals surface area contributed by atoms with Crippen molar-refractivity contribution >= 4 is 107 Å². The number of halogens is 3. The van der Waals surface area contributed by atoms with Crippen molar-refractivity contribution in [3.8, 4) is 0 Å². The quantitative estimate of drug-likeness (QED) is 0.0161. The Morgan fingerprint density at radius 2 is 0.715 bits per heavy atom. The van der Waals surface area contributed by atoms with Crippen LogP contribution in [0.2, 0.25) is 19.6 Å². The number of benzene rings is 6. The second-order valence-electron chi connectivity index (χ2n) is 27.0. The first kappa shape index (κ1) is 115. The van der Waals surface area contributed by atoms with Crippen LogP contribution in [0.4, 0.5) is 24.8 Å². The van der Waals surface area contributed by atoms with Gasteiger partial charge in [-0.15, -0.1) is 35.3 Å². The minimum absolute atomic E-state index is 0. The van der Waals surface area contributed by atoms with Crippen molar-refractivity contribution in [2.45, 2.75) is 194 Å². The largest absolute Gasteiger partial charge is 0.522 e. The Hall–Kier alpha value is -10.3. The number of nitrogens with two attached hydrogens (primary N) is 2. The monoisotopic (exact) mass is 1820 g/mol. The standard InChI is InChI=1S/C33H31N3O7S.C31H30O8S.C9H13N3O4S.C4H9F3O3SSi.CH4O.7CH4.H3N/c1-19-4-10-22(11-5-19)30(37)41-18-25-27(42-31(38)23-12-6-20(2)7-13-23)28(43-32(39)24-14-8-21(3)9-15-24)29(44-25)36-17-16-26(34)35-33(36)40;1-18-5-11-22(12-6-18)28(33)36-17-25-26(38-29(34)23-13-7-19(2)8-14-23)27(31(40-25)37-21(4)32)39-30(35)24-15-9-20(3)10-16-24;10-5-1-2-12(9(16)11-5)8-7(15)6(14)4(3-13)17-8;1-12(2,3)10-11(8,9)4(5,6)7;1-2;;;;;;;;/h4-17,25,27-29H,18H2,1-3H3,(H2,34,35,40);5-16,25-27,31H,17H2,1-4H3;1-2,4,6-8,13-15H,3H2,(H2,10,11,16);1-3H3;2H,1H3;7*1H4;1H3/t25-,27+,28-,29-;25-,26+,27-,31?;4-,6+,7-,8-;;;;;;;;;;/m000........../s1. The number of aliphatic hydroxyl groups excluding tert-OH is 4. The maximum Gasteiger partial charge on any atom is 0.522 e. The summed E-state index contributed by atoms with van der Waals surface area (Å²) in [4.78, 5) is 122. The SMILES string of the molecule is C.C.C.C.C.C.C.CC(=O)OC1S[C@@H](COC(=O)c2ccc(C)cc2)[C@@H](OC(=O)c2ccc(C)cc2)[C@@H]1OC(=O)c1ccc(C)cc1.CO.C[Si](C)(C)OS(=O)(=O)C(F)(F)F.Cc1ccc(C(=O)OC[C@@H]2S[C@H](n3ccc(N)nc3=O)[C@@H](OC(=O)c3ccc(C)cc3)[C@@H]2OC(=O)c2ccc(C)cc2)cc1.N.Nc1ccn([C@H]2S[C@@H](CO)[C@@H](O)[C@@H]2O)c(=O)n1. The summed E-state index contributed by atoms with van der Waals surface area (Å²) in [6.07, 6.45) is -3.84. The lowest BCUT2D eigenvalue weighted by Crippen LogP contribution is -2.42. The summed E-state index contributed by atoms with van der Waals surface area (Å²) in [5, 5.41) is 32.0. The topological polar surface area (TPSA) is 465 Å². The van der Waals surface area contributed by atoms with Crippen molar-refractivity contribution in [2.75, 3.05) is 38.4 Å². The van der Waals surface area contributed by atoms with Crippen LogP contribution < -0.4 is 29.0 Å². The Kier molecular flexibility index (Phi) is 48.3. The fourth-order valence-electron chi connectivity index (χ4n) is 10.8. The molecule has 11 N–H and O–H groups in total. The van der Waals surface area contributed by atoms with Crippen LogP contribution in [0.5, 0.6) is 0 Å². The molecule has 6 aromatic carbocycles. The number of nitrogen functional groups attached to an aromatic ring is 2. The van der Waals surface area contributed by atoms with Gasteiger partial charge in [0.05, 0.1) is 61.8 Å². The van der Waals surface area contributed by atoms with Crippen LogP contribution in [0.15, 0.2) is 180 Å². The van der Waals surface area contributed by atoms with E-state index in [4.69, 9.17) is 54.8 Å². The van der Waals surface area contributed by atoms with Crippen molar-refractivity contribution < 1.29 is 113 Å². The molecule has 0 spiro atoms. The van der Waals surface area contributed by atoms with Gasteiger partial charge in [-0.3, -0.25) is 13.9 Å². The van der Waals surface area contributed by atoms with Crippen LogP contribution in [0.3, 0.4) is 0 Å². The van der Waals surface area contributed by atoms with E-state index < -0.39 is 146 Å². The van der Waals surface area contributed by atoms with Crippen molar-refractivity contribution in [3.63, 3.8) is 0 Å². The zero-order valence-electron chi connectivity index (χ0n) is 64.7. The molecule has 3 aliphatic heterocycles. The van der Waals surface area contributed by atoms with E-state index in [9.17, 15) is 75.0 Å². The number of thioether (sulfide) groups is 3. The highest BCUT2D eigenvalue weighted by Gasteiger charge is 2.54. The second-order valence-corrected chi connectivity index (χ2v) is 37.3. The summed E-state index contributed by atoms with van der Waals surface area (Å²) in [6.45, 7) is 16.0. The molecule has 0 bridgehead atoms. The third kappa shape index (κ3) is 32.7. The van der Waals surface area contributed by atoms with E-state index in [1.54, 1.807) is 146 Å². The number of hydrogen-bond donors (Lipinski definition) is 7. The molecular weight excluding hydrogens is 1700 g/mol. The second kappa shape index (κ2) is 51.7. The van der Waals surface area contributed by atoms with Crippen LogP contribution in [-0.4, -0.2) is 188 Å². The molecular formula is C85H118F3N7O23S4Si. The summed E-state index contributed by atoms with van der Waals surface area (Å²) in [6, 6.07) is 43.9. The third-order valence-electron chi connectivity index (χ3n) is 16.7. The number of alkyl halides is 3. The van der Waals surface area contributed by atoms with E-state index in [2.05, 4.69) is 13.8 Å². The van der Waals surface area contributed by atoms with Crippen LogP contribution >= 0.6 is 35.3 Å². The Balaban J connectivity index is 0. The van der Waals surface area contributed by atoms with Gasteiger partial charge in [-0.25, -0.2) is 38.4 Å². The Morgan fingerprint density at radius 1 is 0.439 bits per heavy atom. The number of carbonyl (C=O) groups excluding carboxylic acids is 7. The smallest absolute Gasteiger partial charge is 0.461 e. The fraction of sp³-hybridized carbons (Fsp3) is 0.400. The van der Waals surface area contributed by atoms with Gasteiger partial charge in [0.15, 0.2) is 29.9 Å². The summed E-state index contributed by atoms with van der Waals surface area (Å²) in [5.74, 6) is -4.27. The average Bonchev–Trinajstić information content (AvgIpc) is 1.58. The molecule has 1 unspecified atom stereocenters. The molecule has 11 rings (SSSR count). The minimum Gasteiger partial charge on any atom is -0.461 e. The molecule has 38 heteroatoms. The van der Waals surface area contributed by atoms with E-state index in [-0.39, 0.29) is 106 Å². The lowest BCUT2D eigenvalue weighted by atomic mass is 10.1. The van der Waals surface area contributed by atoms with Crippen LogP contribution in [0.25, 0.3) is 0 Å². The van der Waals surface area contributed by atoms with Crippen molar-refractivity contribution in [1.29, 1.82) is 0 Å². The Bertz CT molecular complexity index is 4920. The maximum atomic E-state index is 13.4. The lowest BCUT2D eigenvalue weighted by molar-refractivity contribution is -0.148. The number of nitrogens with zero attached hydrogens (tertiary/aromatic N) is 4. The third-order valence-corrected chi connectivity index (χ3v) is 24.6. The van der Waals surface area contributed by atoms with E-state index >= 15 is 0 Å². The first-order valence-electron chi connectivity index (χ1n) is 35.0. The lowest BCUT2D eigenvalue weighted by Gasteiger charge is -2.26. The molecule has 5 heterocycles. The molecule has 3 fully saturated rings. The van der Waals surface area contributed by atoms with E-state index in [0.29, 0.717) is 16.7 Å². The van der Waals surface area contributed by atoms with Crippen LogP contribution in [0, 0.1) is 41.5 Å². The van der Waals surface area contributed by atoms with Crippen molar-refractivity contribution in [2.24, 2.45) is 0 Å². The Labute approximate surface area is 731 Å². The highest BCUT2D eigenvalue weighted by Crippen LogP contribution is 2.46. The number of esters is 7. The van der Waals surface area contributed by atoms with E-state index in [1.165, 1.54) is 72.0 Å². The molecule has 30 nitrogen and oxygen atoms in total. The molecule has 0 amide bonds. The zero-order valence-corrected chi connectivity index (χ0v) is 68.9. The summed E-state index contributed by atoms with van der Waals surface area (Å²) in [5.41, 5.74) is 11.2. The highest BCUT2D eigenvalue weighted by molar-refractivity contribution is 8.01. The number of aliphatic hydroxyl groups is 4. The molecule has 3 aliphatic rings. The van der Waals surface area contributed by atoms with Gasteiger partial charge in [-0.1, -0.05) is 158 Å². The summed E-state index contributed by atoms with van der Waals surface area (Å²) < 4.78 is 103. The molecule has 12 atom stereocenters. The van der Waals surface area contributed by atoms with Crippen molar-refractivity contribution in [1.82, 2.24) is 25.3 Å². The number of ether oxygens (including phenoxy) is 7. The summed E-state index contributed by atoms with van der Waals surface area (Å²) in [7, 11) is -7.10. The van der Waals surface area contributed by atoms with Crippen LogP contribution in [-0.2, 0) is 51.9 Å². The molecule has 8 aromatic rings.